The number of nitrogens with zero attached hydrogens (tertiary/aromatic N) is 2. The molecule has 2 aromatic heterocycles. The van der Waals surface area contributed by atoms with E-state index >= 15 is 0 Å². The van der Waals surface area contributed by atoms with Crippen LogP contribution in [0.4, 0.5) is 8.78 Å². The number of aromatic nitrogens is 3. The van der Waals surface area contributed by atoms with Crippen LogP contribution in [0.5, 0.6) is 0 Å². The summed E-state index contributed by atoms with van der Waals surface area (Å²) in [6.45, 7) is 0. The molecule has 0 radical (unpaired) electrons. The van der Waals surface area contributed by atoms with E-state index < -0.39 is 11.6 Å². The first-order chi connectivity index (χ1) is 8.70. The maximum absolute atomic E-state index is 13.1. The molecule has 1 aromatic carbocycles. The van der Waals surface area contributed by atoms with Gasteiger partial charge >= 0.3 is 0 Å². The maximum Gasteiger partial charge on any atom is 0.155 e. The van der Waals surface area contributed by atoms with Crippen LogP contribution in [-0.4, -0.2) is 15.2 Å². The number of pyridine rings is 1. The number of hydrogen-bond donors (Lipinski definition) is 1. The van der Waals surface area contributed by atoms with Crippen LogP contribution in [0, 0.1) is 11.6 Å². The van der Waals surface area contributed by atoms with E-state index in [4.69, 9.17) is 0 Å². The van der Waals surface area contributed by atoms with Crippen LogP contribution in [0.25, 0.3) is 11.0 Å². The lowest BCUT2D eigenvalue weighted by molar-refractivity contribution is 0.577. The molecule has 0 saturated carbocycles. The van der Waals surface area contributed by atoms with Crippen LogP contribution in [0.3, 0.4) is 0 Å². The van der Waals surface area contributed by atoms with Gasteiger partial charge in [0, 0.05) is 27.4 Å². The first kappa shape index (κ1) is 11.2. The topological polar surface area (TPSA) is 41.6 Å². The summed E-state index contributed by atoms with van der Waals surface area (Å²) < 4.78 is 26.1. The molecule has 0 aliphatic rings. The zero-order valence-electron chi connectivity index (χ0n) is 9.02. The molecular formula is C12H7F2N3S. The summed E-state index contributed by atoms with van der Waals surface area (Å²) in [6.07, 6.45) is 3.28. The van der Waals surface area contributed by atoms with Crippen molar-refractivity contribution >= 4 is 22.8 Å². The molecule has 0 aliphatic heterocycles. The van der Waals surface area contributed by atoms with Crippen molar-refractivity contribution in [2.45, 2.75) is 9.79 Å². The molecule has 0 aliphatic carbocycles. The molecule has 2 heterocycles. The number of H-pyrrole nitrogens is 1. The second-order valence-electron chi connectivity index (χ2n) is 3.69. The highest BCUT2D eigenvalue weighted by atomic mass is 32.2. The number of rotatable bonds is 2. The number of benzene rings is 1. The van der Waals surface area contributed by atoms with Crippen LogP contribution in [-0.2, 0) is 0 Å². The van der Waals surface area contributed by atoms with Gasteiger partial charge in [-0.3, -0.25) is 5.10 Å². The Kier molecular flexibility index (Phi) is 2.71. The minimum absolute atomic E-state index is 0.497. The van der Waals surface area contributed by atoms with Gasteiger partial charge in [-0.25, -0.2) is 13.8 Å². The molecule has 3 rings (SSSR count). The van der Waals surface area contributed by atoms with Gasteiger partial charge in [0.1, 0.15) is 11.6 Å². The Morgan fingerprint density at radius 2 is 1.72 bits per heavy atom. The molecule has 0 bridgehead atoms. The first-order valence-corrected chi connectivity index (χ1v) is 5.95. The lowest BCUT2D eigenvalue weighted by atomic mass is 10.3. The van der Waals surface area contributed by atoms with Crippen LogP contribution in [0.1, 0.15) is 0 Å². The molecule has 0 fully saturated rings. The van der Waals surface area contributed by atoms with E-state index in [-0.39, 0.29) is 0 Å². The second-order valence-corrected chi connectivity index (χ2v) is 4.83. The summed E-state index contributed by atoms with van der Waals surface area (Å²) in [5, 5.41) is 7.46. The Hall–Kier alpha value is -1.95. The fourth-order valence-corrected chi connectivity index (χ4v) is 2.50. The van der Waals surface area contributed by atoms with Gasteiger partial charge in [0.15, 0.2) is 5.65 Å². The molecule has 0 spiro atoms. The van der Waals surface area contributed by atoms with E-state index in [0.29, 0.717) is 10.5 Å². The van der Waals surface area contributed by atoms with Gasteiger partial charge in [-0.2, -0.15) is 5.10 Å². The standard InChI is InChI=1S/C12H7F2N3S/c13-8-2-9(14)4-10(3-8)18-11-1-7-5-16-17-12(7)15-6-11/h1-6H,(H,15,16,17). The average Bonchev–Trinajstić information content (AvgIpc) is 2.74. The van der Waals surface area contributed by atoms with Gasteiger partial charge in [-0.1, -0.05) is 11.8 Å². The SMILES string of the molecule is Fc1cc(F)cc(Sc2cnc3[nH]ncc3c2)c1. The molecule has 0 saturated heterocycles. The molecule has 0 amide bonds. The maximum atomic E-state index is 13.1. The predicted molar refractivity (Wildman–Crippen MR) is 64.4 cm³/mol. The zero-order chi connectivity index (χ0) is 12.5. The van der Waals surface area contributed by atoms with E-state index in [9.17, 15) is 8.78 Å². The number of hydrogen-bond acceptors (Lipinski definition) is 3. The van der Waals surface area contributed by atoms with Crippen molar-refractivity contribution in [2.75, 3.05) is 0 Å². The smallest absolute Gasteiger partial charge is 0.155 e. The van der Waals surface area contributed by atoms with Crippen molar-refractivity contribution in [1.82, 2.24) is 15.2 Å². The third kappa shape index (κ3) is 2.19. The Morgan fingerprint density at radius 1 is 0.944 bits per heavy atom. The number of fused-ring (bicyclic) bond motifs is 1. The van der Waals surface area contributed by atoms with Crippen LogP contribution < -0.4 is 0 Å². The van der Waals surface area contributed by atoms with E-state index in [1.807, 2.05) is 6.07 Å². The Labute approximate surface area is 105 Å². The first-order valence-electron chi connectivity index (χ1n) is 5.14. The van der Waals surface area contributed by atoms with Crippen molar-refractivity contribution in [3.63, 3.8) is 0 Å². The Balaban J connectivity index is 1.95. The predicted octanol–water partition coefficient (Wildman–Crippen LogP) is 3.39. The summed E-state index contributed by atoms with van der Waals surface area (Å²) in [6, 6.07) is 5.28. The quantitative estimate of drug-likeness (QED) is 0.770. The molecule has 6 heteroatoms. The third-order valence-corrected chi connectivity index (χ3v) is 3.27. The van der Waals surface area contributed by atoms with E-state index in [2.05, 4.69) is 15.2 Å². The van der Waals surface area contributed by atoms with Crippen molar-refractivity contribution in [1.29, 1.82) is 0 Å². The lowest BCUT2D eigenvalue weighted by Crippen LogP contribution is -1.83. The summed E-state index contributed by atoms with van der Waals surface area (Å²) in [4.78, 5) is 5.45. The number of halogens is 2. The van der Waals surface area contributed by atoms with E-state index in [1.54, 1.807) is 12.4 Å². The van der Waals surface area contributed by atoms with Gasteiger partial charge in [0.05, 0.1) is 6.20 Å². The fraction of sp³-hybridized carbons (Fsp3) is 0. The normalized spacial score (nSPS) is 11.0. The Bertz CT molecular complexity index is 691. The molecule has 0 unspecified atom stereocenters. The van der Waals surface area contributed by atoms with E-state index in [1.165, 1.54) is 23.9 Å². The molecular weight excluding hydrogens is 256 g/mol. The van der Waals surface area contributed by atoms with Crippen molar-refractivity contribution < 1.29 is 8.78 Å². The average molecular weight is 263 g/mol. The van der Waals surface area contributed by atoms with Gasteiger partial charge < -0.3 is 0 Å². The van der Waals surface area contributed by atoms with Crippen molar-refractivity contribution in [3.8, 4) is 0 Å². The molecule has 0 atom stereocenters. The molecule has 18 heavy (non-hydrogen) atoms. The van der Waals surface area contributed by atoms with Crippen LogP contribution in [0.15, 0.2) is 46.5 Å². The summed E-state index contributed by atoms with van der Waals surface area (Å²) in [5.41, 5.74) is 0.685. The number of nitrogens with one attached hydrogen (secondary N) is 1. The third-order valence-electron chi connectivity index (χ3n) is 2.34. The zero-order valence-corrected chi connectivity index (χ0v) is 9.84. The fourth-order valence-electron chi connectivity index (χ4n) is 1.60. The largest absolute Gasteiger partial charge is 0.261 e. The Morgan fingerprint density at radius 3 is 2.50 bits per heavy atom. The highest BCUT2D eigenvalue weighted by Crippen LogP contribution is 2.29. The lowest BCUT2D eigenvalue weighted by Gasteiger charge is -2.02. The van der Waals surface area contributed by atoms with Gasteiger partial charge in [-0.15, -0.1) is 0 Å². The van der Waals surface area contributed by atoms with Crippen molar-refractivity contribution in [3.05, 3.63) is 48.3 Å². The molecule has 90 valence electrons. The number of aromatic amines is 1. The van der Waals surface area contributed by atoms with Gasteiger partial charge in [-0.05, 0) is 18.2 Å². The molecule has 1 N–H and O–H groups in total. The molecule has 3 aromatic rings. The minimum atomic E-state index is -0.588. The molecule has 3 nitrogen and oxygen atoms in total. The van der Waals surface area contributed by atoms with E-state index in [0.717, 1.165) is 16.3 Å². The summed E-state index contributed by atoms with van der Waals surface area (Å²) in [7, 11) is 0. The summed E-state index contributed by atoms with van der Waals surface area (Å²) >= 11 is 1.25. The monoisotopic (exact) mass is 263 g/mol. The summed E-state index contributed by atoms with van der Waals surface area (Å²) in [5.74, 6) is -1.18. The van der Waals surface area contributed by atoms with Gasteiger partial charge in [0.25, 0.3) is 0 Å². The van der Waals surface area contributed by atoms with Crippen LogP contribution >= 0.6 is 11.8 Å². The highest BCUT2D eigenvalue weighted by Gasteiger charge is 2.05. The highest BCUT2D eigenvalue weighted by molar-refractivity contribution is 7.99. The van der Waals surface area contributed by atoms with Crippen LogP contribution in [0.2, 0.25) is 0 Å². The van der Waals surface area contributed by atoms with Gasteiger partial charge in [0.2, 0.25) is 0 Å². The van der Waals surface area contributed by atoms with Crippen molar-refractivity contribution in [2.24, 2.45) is 0 Å². The minimum Gasteiger partial charge on any atom is -0.261 e. The second kappa shape index (κ2) is 4.38.